The molecular formula is C16H23N5. The van der Waals surface area contributed by atoms with Gasteiger partial charge >= 0.3 is 0 Å². The van der Waals surface area contributed by atoms with Gasteiger partial charge in [-0.15, -0.1) is 0 Å². The standard InChI is InChI=1S/C16H23N5/c1-12(2)18-9-14-10-19-13(3)8-15(14)21-7-6-20-5-4-17-16(20)11-21/h4-5,8,10,12,18H,6-7,9,11H2,1-3H3. The fourth-order valence-electron chi connectivity index (χ4n) is 2.70. The van der Waals surface area contributed by atoms with Gasteiger partial charge in [0.1, 0.15) is 5.82 Å². The van der Waals surface area contributed by atoms with Crippen molar-refractivity contribution in [1.29, 1.82) is 0 Å². The Morgan fingerprint density at radius 2 is 2.14 bits per heavy atom. The van der Waals surface area contributed by atoms with Gasteiger partial charge < -0.3 is 14.8 Å². The highest BCUT2D eigenvalue weighted by Crippen LogP contribution is 2.25. The van der Waals surface area contributed by atoms with Gasteiger partial charge in [-0.2, -0.15) is 0 Å². The van der Waals surface area contributed by atoms with E-state index >= 15 is 0 Å². The van der Waals surface area contributed by atoms with Crippen molar-refractivity contribution in [3.05, 3.63) is 41.7 Å². The van der Waals surface area contributed by atoms with Crippen molar-refractivity contribution in [3.63, 3.8) is 0 Å². The van der Waals surface area contributed by atoms with Gasteiger partial charge in [0.25, 0.3) is 0 Å². The van der Waals surface area contributed by atoms with Gasteiger partial charge in [-0.05, 0) is 13.0 Å². The maximum absolute atomic E-state index is 4.46. The Kier molecular flexibility index (Phi) is 3.92. The number of pyridine rings is 1. The number of hydrogen-bond donors (Lipinski definition) is 1. The molecule has 0 aromatic carbocycles. The van der Waals surface area contributed by atoms with Crippen molar-refractivity contribution in [2.75, 3.05) is 11.4 Å². The molecule has 1 aliphatic rings. The number of hydrogen-bond acceptors (Lipinski definition) is 4. The predicted molar refractivity (Wildman–Crippen MR) is 84.2 cm³/mol. The molecule has 0 spiro atoms. The number of aryl methyl sites for hydroxylation is 1. The van der Waals surface area contributed by atoms with Crippen LogP contribution in [-0.2, 0) is 19.6 Å². The zero-order valence-corrected chi connectivity index (χ0v) is 13.0. The number of nitrogens with zero attached hydrogens (tertiary/aromatic N) is 4. The summed E-state index contributed by atoms with van der Waals surface area (Å²) >= 11 is 0. The molecule has 112 valence electrons. The van der Waals surface area contributed by atoms with E-state index in [9.17, 15) is 0 Å². The average molecular weight is 285 g/mol. The maximum Gasteiger partial charge on any atom is 0.128 e. The van der Waals surface area contributed by atoms with Crippen LogP contribution in [0.15, 0.2) is 24.7 Å². The van der Waals surface area contributed by atoms with Crippen LogP contribution in [0.1, 0.15) is 30.9 Å². The van der Waals surface area contributed by atoms with Crippen molar-refractivity contribution >= 4 is 5.69 Å². The zero-order valence-electron chi connectivity index (χ0n) is 13.0. The number of fused-ring (bicyclic) bond motifs is 1. The largest absolute Gasteiger partial charge is 0.362 e. The van der Waals surface area contributed by atoms with E-state index in [-0.39, 0.29) is 0 Å². The normalized spacial score (nSPS) is 14.6. The molecule has 0 bridgehead atoms. The minimum absolute atomic E-state index is 0.472. The molecule has 0 unspecified atom stereocenters. The molecular weight excluding hydrogens is 262 g/mol. The van der Waals surface area contributed by atoms with E-state index < -0.39 is 0 Å². The minimum Gasteiger partial charge on any atom is -0.362 e. The predicted octanol–water partition coefficient (Wildman–Crippen LogP) is 2.10. The van der Waals surface area contributed by atoms with E-state index in [0.717, 1.165) is 37.7 Å². The van der Waals surface area contributed by atoms with Crippen molar-refractivity contribution in [2.45, 2.75) is 46.4 Å². The summed E-state index contributed by atoms with van der Waals surface area (Å²) in [5.74, 6) is 1.14. The lowest BCUT2D eigenvalue weighted by molar-refractivity contribution is 0.552. The van der Waals surface area contributed by atoms with Gasteiger partial charge in [0, 0.05) is 61.2 Å². The third kappa shape index (κ3) is 3.08. The van der Waals surface area contributed by atoms with Crippen molar-refractivity contribution in [3.8, 4) is 0 Å². The molecule has 5 nitrogen and oxygen atoms in total. The number of aromatic nitrogens is 3. The highest BCUT2D eigenvalue weighted by Gasteiger charge is 2.19. The number of anilines is 1. The molecule has 0 aliphatic carbocycles. The molecule has 5 heteroatoms. The van der Waals surface area contributed by atoms with Crippen LogP contribution in [-0.4, -0.2) is 27.1 Å². The van der Waals surface area contributed by atoms with Crippen molar-refractivity contribution < 1.29 is 0 Å². The van der Waals surface area contributed by atoms with Gasteiger partial charge in [-0.1, -0.05) is 13.8 Å². The minimum atomic E-state index is 0.472. The van der Waals surface area contributed by atoms with E-state index in [1.54, 1.807) is 0 Å². The third-order valence-corrected chi connectivity index (χ3v) is 3.88. The zero-order chi connectivity index (χ0) is 14.8. The third-order valence-electron chi connectivity index (χ3n) is 3.88. The van der Waals surface area contributed by atoms with Crippen LogP contribution >= 0.6 is 0 Å². The molecule has 0 fully saturated rings. The van der Waals surface area contributed by atoms with Crippen LogP contribution in [0, 0.1) is 6.92 Å². The lowest BCUT2D eigenvalue weighted by Gasteiger charge is -2.31. The van der Waals surface area contributed by atoms with Crippen LogP contribution in [0.25, 0.3) is 0 Å². The summed E-state index contributed by atoms with van der Waals surface area (Å²) in [6.07, 6.45) is 5.95. The quantitative estimate of drug-likeness (QED) is 0.934. The average Bonchev–Trinajstić information content (AvgIpc) is 2.93. The summed E-state index contributed by atoms with van der Waals surface area (Å²) in [7, 11) is 0. The van der Waals surface area contributed by atoms with Crippen molar-refractivity contribution in [2.24, 2.45) is 0 Å². The van der Waals surface area contributed by atoms with E-state index in [1.807, 2.05) is 19.3 Å². The van der Waals surface area contributed by atoms with E-state index in [1.165, 1.54) is 11.3 Å². The molecule has 1 N–H and O–H groups in total. The van der Waals surface area contributed by atoms with Crippen LogP contribution in [0.5, 0.6) is 0 Å². The summed E-state index contributed by atoms with van der Waals surface area (Å²) in [6, 6.07) is 2.66. The molecule has 1 aliphatic heterocycles. The number of nitrogens with one attached hydrogen (secondary N) is 1. The molecule has 0 atom stereocenters. The summed E-state index contributed by atoms with van der Waals surface area (Å²) in [4.78, 5) is 11.3. The van der Waals surface area contributed by atoms with Crippen LogP contribution in [0.3, 0.4) is 0 Å². The summed E-state index contributed by atoms with van der Waals surface area (Å²) in [5, 5.41) is 3.49. The molecule has 2 aromatic heterocycles. The van der Waals surface area contributed by atoms with E-state index in [4.69, 9.17) is 0 Å². The topological polar surface area (TPSA) is 46.0 Å². The second-order valence-electron chi connectivity index (χ2n) is 5.95. The first-order chi connectivity index (χ1) is 10.1. The van der Waals surface area contributed by atoms with Gasteiger partial charge in [0.05, 0.1) is 6.54 Å². The first-order valence-electron chi connectivity index (χ1n) is 7.57. The summed E-state index contributed by atoms with van der Waals surface area (Å²) < 4.78 is 2.23. The van der Waals surface area contributed by atoms with E-state index in [2.05, 4.69) is 50.9 Å². The van der Waals surface area contributed by atoms with Crippen LogP contribution < -0.4 is 10.2 Å². The Bertz CT molecular complexity index is 617. The fourth-order valence-corrected chi connectivity index (χ4v) is 2.70. The molecule has 3 rings (SSSR count). The Balaban J connectivity index is 1.85. The second-order valence-corrected chi connectivity index (χ2v) is 5.95. The molecule has 3 heterocycles. The lowest BCUT2D eigenvalue weighted by Crippen LogP contribution is -2.35. The van der Waals surface area contributed by atoms with Gasteiger partial charge in [-0.25, -0.2) is 4.98 Å². The van der Waals surface area contributed by atoms with Gasteiger partial charge in [0.2, 0.25) is 0 Å². The highest BCUT2D eigenvalue weighted by molar-refractivity contribution is 5.54. The molecule has 21 heavy (non-hydrogen) atoms. The molecule has 0 radical (unpaired) electrons. The smallest absolute Gasteiger partial charge is 0.128 e. The molecule has 0 saturated carbocycles. The first kappa shape index (κ1) is 14.1. The maximum atomic E-state index is 4.46. The second kappa shape index (κ2) is 5.85. The number of imidazole rings is 1. The SMILES string of the molecule is Cc1cc(N2CCn3ccnc3C2)c(CNC(C)C)cn1. The van der Waals surface area contributed by atoms with Gasteiger partial charge in [0.15, 0.2) is 0 Å². The molecule has 2 aromatic rings. The molecule has 0 amide bonds. The summed E-state index contributed by atoms with van der Waals surface area (Å²) in [6.45, 7) is 10.1. The fraction of sp³-hybridized carbons (Fsp3) is 0.500. The van der Waals surface area contributed by atoms with Crippen LogP contribution in [0.4, 0.5) is 5.69 Å². The van der Waals surface area contributed by atoms with Crippen LogP contribution in [0.2, 0.25) is 0 Å². The number of rotatable bonds is 4. The Morgan fingerprint density at radius 3 is 2.95 bits per heavy atom. The first-order valence-corrected chi connectivity index (χ1v) is 7.57. The Morgan fingerprint density at radius 1 is 1.29 bits per heavy atom. The monoisotopic (exact) mass is 285 g/mol. The highest BCUT2D eigenvalue weighted by atomic mass is 15.2. The molecule has 0 saturated heterocycles. The van der Waals surface area contributed by atoms with E-state index in [0.29, 0.717) is 6.04 Å². The summed E-state index contributed by atoms with van der Waals surface area (Å²) in [5.41, 5.74) is 3.60. The Hall–Kier alpha value is -1.88. The van der Waals surface area contributed by atoms with Gasteiger partial charge in [-0.3, -0.25) is 4.98 Å². The lowest BCUT2D eigenvalue weighted by atomic mass is 10.1. The van der Waals surface area contributed by atoms with Crippen molar-refractivity contribution in [1.82, 2.24) is 19.9 Å². The Labute approximate surface area is 126 Å².